The van der Waals surface area contributed by atoms with Gasteiger partial charge in [-0.2, -0.15) is 4.31 Å². The van der Waals surface area contributed by atoms with E-state index in [4.69, 9.17) is 4.42 Å². The molecule has 2 atom stereocenters. The number of aromatic amines is 1. The molecular formula is C13H17N3O4S. The van der Waals surface area contributed by atoms with Gasteiger partial charge in [-0.3, -0.25) is 0 Å². The first-order valence-electron chi connectivity index (χ1n) is 6.80. The van der Waals surface area contributed by atoms with Gasteiger partial charge in [0.2, 0.25) is 0 Å². The van der Waals surface area contributed by atoms with Crippen LogP contribution in [0, 0.1) is 0 Å². The molecule has 3 heterocycles. The molecule has 7 nitrogen and oxygen atoms in total. The van der Waals surface area contributed by atoms with Gasteiger partial charge >= 0.3 is 0 Å². The van der Waals surface area contributed by atoms with E-state index in [1.54, 1.807) is 12.1 Å². The molecule has 1 saturated heterocycles. The fraction of sp³-hybridized carbons (Fsp3) is 0.462. The second-order valence-electron chi connectivity index (χ2n) is 5.09. The molecule has 0 amide bonds. The van der Waals surface area contributed by atoms with Crippen LogP contribution in [0.4, 0.5) is 0 Å². The normalized spacial score (nSPS) is 21.7. The number of imidazole rings is 1. The Bertz CT molecular complexity index is 666. The Morgan fingerprint density at radius 2 is 2.43 bits per heavy atom. The number of nitrogens with zero attached hydrogens (tertiary/aromatic N) is 2. The molecule has 0 bridgehead atoms. The topological polar surface area (TPSA) is 99.4 Å². The second-order valence-corrected chi connectivity index (χ2v) is 6.95. The molecular weight excluding hydrogens is 294 g/mol. The largest absolute Gasteiger partial charge is 0.467 e. The smallest absolute Gasteiger partial charge is 0.260 e. The number of sulfonamides is 1. The van der Waals surface area contributed by atoms with Crippen molar-refractivity contribution < 1.29 is 17.9 Å². The number of hydrogen-bond donors (Lipinski definition) is 2. The van der Waals surface area contributed by atoms with Crippen LogP contribution in [0.1, 0.15) is 31.1 Å². The van der Waals surface area contributed by atoms with Gasteiger partial charge in [-0.05, 0) is 31.4 Å². The van der Waals surface area contributed by atoms with Crippen LogP contribution in [0.2, 0.25) is 0 Å². The predicted octanol–water partition coefficient (Wildman–Crippen LogP) is 1.28. The Morgan fingerprint density at radius 3 is 3.10 bits per heavy atom. The maximum absolute atomic E-state index is 12.5. The molecule has 1 fully saturated rings. The van der Waals surface area contributed by atoms with Crippen molar-refractivity contribution in [1.29, 1.82) is 0 Å². The Balaban J connectivity index is 1.77. The summed E-state index contributed by atoms with van der Waals surface area (Å²) in [6.07, 6.45) is 5.16. The summed E-state index contributed by atoms with van der Waals surface area (Å²) in [5.41, 5.74) is 0. The third-order valence-electron chi connectivity index (χ3n) is 3.75. The van der Waals surface area contributed by atoms with Crippen LogP contribution in [-0.4, -0.2) is 40.4 Å². The van der Waals surface area contributed by atoms with Crippen LogP contribution in [-0.2, 0) is 10.0 Å². The number of aliphatic hydroxyl groups is 1. The zero-order chi connectivity index (χ0) is 14.9. The minimum Gasteiger partial charge on any atom is -0.467 e. The molecule has 2 aromatic rings. The van der Waals surface area contributed by atoms with Gasteiger partial charge in [0.25, 0.3) is 10.0 Å². The van der Waals surface area contributed by atoms with E-state index < -0.39 is 16.1 Å². The average molecular weight is 311 g/mol. The van der Waals surface area contributed by atoms with Crippen LogP contribution in [0.15, 0.2) is 40.4 Å². The fourth-order valence-corrected chi connectivity index (χ4v) is 4.33. The minimum absolute atomic E-state index is 0.0851. The molecule has 1 aliphatic rings. The standard InChI is InChI=1S/C13H17N3O4S/c17-11(12-4-2-6-20-12)7-10-3-1-5-16(10)21(18,19)13-8-14-9-15-13/h2,4,6,8-11,17H,1,3,5,7H2,(H,14,15)/t10-,11+/m1/s1. The van der Waals surface area contributed by atoms with Crippen LogP contribution >= 0.6 is 0 Å². The lowest BCUT2D eigenvalue weighted by Crippen LogP contribution is -2.36. The molecule has 0 spiro atoms. The Hall–Kier alpha value is -1.64. The lowest BCUT2D eigenvalue weighted by molar-refractivity contribution is 0.118. The number of aromatic nitrogens is 2. The highest BCUT2D eigenvalue weighted by Crippen LogP contribution is 2.31. The summed E-state index contributed by atoms with van der Waals surface area (Å²) in [6, 6.07) is 3.15. The Kier molecular flexibility index (Phi) is 3.83. The van der Waals surface area contributed by atoms with Crippen molar-refractivity contribution >= 4 is 10.0 Å². The average Bonchev–Trinajstić information content (AvgIpc) is 3.20. The molecule has 3 rings (SSSR count). The van der Waals surface area contributed by atoms with Crippen molar-refractivity contribution in [2.75, 3.05) is 6.54 Å². The molecule has 8 heteroatoms. The van der Waals surface area contributed by atoms with Gasteiger partial charge in [0, 0.05) is 12.6 Å². The monoisotopic (exact) mass is 311 g/mol. The summed E-state index contributed by atoms with van der Waals surface area (Å²) >= 11 is 0. The molecule has 0 radical (unpaired) electrons. The molecule has 0 aliphatic carbocycles. The molecule has 21 heavy (non-hydrogen) atoms. The molecule has 1 aliphatic heterocycles. The summed E-state index contributed by atoms with van der Waals surface area (Å²) in [5, 5.41) is 10.2. The summed E-state index contributed by atoms with van der Waals surface area (Å²) in [6.45, 7) is 0.455. The highest BCUT2D eigenvalue weighted by Gasteiger charge is 2.37. The highest BCUT2D eigenvalue weighted by molar-refractivity contribution is 7.89. The van der Waals surface area contributed by atoms with Crippen LogP contribution < -0.4 is 0 Å². The quantitative estimate of drug-likeness (QED) is 0.866. The molecule has 0 aromatic carbocycles. The summed E-state index contributed by atoms with van der Waals surface area (Å²) < 4.78 is 31.6. The van der Waals surface area contributed by atoms with E-state index in [1.165, 1.54) is 23.1 Å². The predicted molar refractivity (Wildman–Crippen MR) is 73.8 cm³/mol. The van der Waals surface area contributed by atoms with Gasteiger partial charge in [0.15, 0.2) is 5.03 Å². The van der Waals surface area contributed by atoms with Crippen molar-refractivity contribution in [3.8, 4) is 0 Å². The summed E-state index contributed by atoms with van der Waals surface area (Å²) in [4.78, 5) is 6.39. The van der Waals surface area contributed by atoms with Crippen LogP contribution in [0.5, 0.6) is 0 Å². The first kappa shape index (κ1) is 14.3. The van der Waals surface area contributed by atoms with Crippen molar-refractivity contribution in [2.45, 2.75) is 36.4 Å². The lowest BCUT2D eigenvalue weighted by Gasteiger charge is -2.24. The summed E-state index contributed by atoms with van der Waals surface area (Å²) in [5.74, 6) is 0.459. The SMILES string of the molecule is O=S(=O)(c1cnc[nH]1)N1CCC[C@@H]1C[C@H](O)c1ccco1. The number of furan rings is 1. The van der Waals surface area contributed by atoms with E-state index in [2.05, 4.69) is 9.97 Å². The third kappa shape index (κ3) is 2.74. The number of aliphatic hydroxyl groups excluding tert-OH is 1. The fourth-order valence-electron chi connectivity index (χ4n) is 2.73. The van der Waals surface area contributed by atoms with E-state index in [0.29, 0.717) is 18.7 Å². The van der Waals surface area contributed by atoms with Gasteiger partial charge in [0.05, 0.1) is 18.8 Å². The van der Waals surface area contributed by atoms with Gasteiger partial charge in [-0.25, -0.2) is 13.4 Å². The number of hydrogen-bond acceptors (Lipinski definition) is 5. The Morgan fingerprint density at radius 1 is 1.57 bits per heavy atom. The van der Waals surface area contributed by atoms with Gasteiger partial charge in [0.1, 0.15) is 11.9 Å². The lowest BCUT2D eigenvalue weighted by atomic mass is 10.1. The molecule has 2 N–H and O–H groups in total. The van der Waals surface area contributed by atoms with Gasteiger partial charge < -0.3 is 14.5 Å². The van der Waals surface area contributed by atoms with Crippen molar-refractivity contribution in [2.24, 2.45) is 0 Å². The van der Waals surface area contributed by atoms with E-state index >= 15 is 0 Å². The number of rotatable bonds is 5. The van der Waals surface area contributed by atoms with Crippen LogP contribution in [0.3, 0.4) is 0 Å². The zero-order valence-corrected chi connectivity index (χ0v) is 12.2. The maximum atomic E-state index is 12.5. The first-order valence-corrected chi connectivity index (χ1v) is 8.25. The van der Waals surface area contributed by atoms with Crippen molar-refractivity contribution in [3.63, 3.8) is 0 Å². The molecule has 0 saturated carbocycles. The van der Waals surface area contributed by atoms with Gasteiger partial charge in [-0.1, -0.05) is 0 Å². The Labute approximate surface area is 122 Å². The zero-order valence-electron chi connectivity index (χ0n) is 11.3. The first-order chi connectivity index (χ1) is 10.1. The number of nitrogens with one attached hydrogen (secondary N) is 1. The number of H-pyrrole nitrogens is 1. The van der Waals surface area contributed by atoms with E-state index in [0.717, 1.165) is 12.8 Å². The van der Waals surface area contributed by atoms with E-state index in [1.807, 2.05) is 0 Å². The van der Waals surface area contributed by atoms with E-state index in [9.17, 15) is 13.5 Å². The second kappa shape index (κ2) is 5.63. The third-order valence-corrected chi connectivity index (χ3v) is 5.63. The summed E-state index contributed by atoms with van der Waals surface area (Å²) in [7, 11) is -3.59. The molecule has 2 aromatic heterocycles. The van der Waals surface area contributed by atoms with Crippen molar-refractivity contribution in [3.05, 3.63) is 36.7 Å². The molecule has 0 unspecified atom stereocenters. The molecule has 114 valence electrons. The highest BCUT2D eigenvalue weighted by atomic mass is 32.2. The van der Waals surface area contributed by atoms with E-state index in [-0.39, 0.29) is 11.1 Å². The minimum atomic E-state index is -3.59. The van der Waals surface area contributed by atoms with Crippen molar-refractivity contribution in [1.82, 2.24) is 14.3 Å². The van der Waals surface area contributed by atoms with Crippen LogP contribution in [0.25, 0.3) is 0 Å². The maximum Gasteiger partial charge on any atom is 0.260 e. The van der Waals surface area contributed by atoms with Gasteiger partial charge in [-0.15, -0.1) is 0 Å².